The summed E-state index contributed by atoms with van der Waals surface area (Å²) in [5.74, 6) is 1.65. The standard InChI is InChI=1S/C28H34O4.C28H32O4/c2*1-18-15-24-22-10-9-19-16-20(29)11-13-25(19,2)23(22)12-14-26(24,3)28(18,30)27(17-31-27)32-21-7-5-4-6-8-21/h4-8,12,16,18,22,24,30H,9-11,13-15,17H2,1-3H3;4-8,11-13,16,18,22,24,30H,9-10,14-15,17H2,1-3H3/t2*18-,22+,24-,25-,26-,27?,28+/m00/s1. The van der Waals surface area contributed by atoms with E-state index < -0.39 is 22.8 Å². The van der Waals surface area contributed by atoms with Crippen molar-refractivity contribution < 1.29 is 38.7 Å². The van der Waals surface area contributed by atoms with Crippen LogP contribution in [0, 0.1) is 57.2 Å². The topological polar surface area (TPSA) is 118 Å². The Bertz CT molecular complexity index is 2410. The van der Waals surface area contributed by atoms with Crippen molar-refractivity contribution in [1.82, 2.24) is 0 Å². The van der Waals surface area contributed by atoms with Crippen molar-refractivity contribution in [2.24, 2.45) is 57.2 Å². The first-order chi connectivity index (χ1) is 30.5. The summed E-state index contributed by atoms with van der Waals surface area (Å²) in [6.45, 7) is 14.3. The summed E-state index contributed by atoms with van der Waals surface area (Å²) in [5, 5.41) is 24.9. The average molecular weight is 867 g/mol. The van der Waals surface area contributed by atoms with Crippen molar-refractivity contribution in [2.75, 3.05) is 13.2 Å². The molecule has 2 unspecified atom stereocenters. The van der Waals surface area contributed by atoms with E-state index in [1.54, 1.807) is 6.08 Å². The number of rotatable bonds is 6. The van der Waals surface area contributed by atoms with Crippen LogP contribution in [-0.4, -0.2) is 57.8 Å². The first-order valence-electron chi connectivity index (χ1n) is 24.3. The van der Waals surface area contributed by atoms with Gasteiger partial charge in [0.2, 0.25) is 0 Å². The van der Waals surface area contributed by atoms with Crippen molar-refractivity contribution in [3.63, 3.8) is 0 Å². The maximum absolute atomic E-state index is 12.5. The minimum Gasteiger partial charge on any atom is -0.457 e. The van der Waals surface area contributed by atoms with Crippen LogP contribution in [-0.2, 0) is 19.1 Å². The van der Waals surface area contributed by atoms with E-state index in [1.165, 1.54) is 22.3 Å². The summed E-state index contributed by atoms with van der Waals surface area (Å²) in [6.07, 6.45) is 21.6. The monoisotopic (exact) mass is 866 g/mol. The van der Waals surface area contributed by atoms with E-state index in [0.29, 0.717) is 43.3 Å². The van der Waals surface area contributed by atoms with Crippen molar-refractivity contribution in [2.45, 2.75) is 129 Å². The molecule has 2 aliphatic heterocycles. The predicted molar refractivity (Wildman–Crippen MR) is 244 cm³/mol. The van der Waals surface area contributed by atoms with Gasteiger partial charge >= 0.3 is 0 Å². The number of benzene rings is 2. The molecule has 338 valence electrons. The maximum atomic E-state index is 12.5. The van der Waals surface area contributed by atoms with Crippen LogP contribution in [0.15, 0.2) is 119 Å². The normalized spacial score (nSPS) is 46.8. The van der Waals surface area contributed by atoms with Gasteiger partial charge in [0.1, 0.15) is 35.9 Å². The molecule has 2 heterocycles. The van der Waals surface area contributed by atoms with Crippen LogP contribution in [0.4, 0.5) is 0 Å². The molecular formula is C56H66O8. The first kappa shape index (κ1) is 42.5. The summed E-state index contributed by atoms with van der Waals surface area (Å²) in [4.78, 5) is 24.1. The number of ether oxygens (including phenoxy) is 4. The third-order valence-corrected chi connectivity index (χ3v) is 19.5. The molecule has 8 heteroatoms. The van der Waals surface area contributed by atoms with Gasteiger partial charge in [-0.15, -0.1) is 0 Å². The van der Waals surface area contributed by atoms with Gasteiger partial charge in [0.25, 0.3) is 11.6 Å². The Morgan fingerprint density at radius 2 is 1.12 bits per heavy atom. The number of allylic oxidation sites excluding steroid dienone is 10. The largest absolute Gasteiger partial charge is 0.457 e. The molecule has 0 radical (unpaired) electrons. The molecule has 14 atom stereocenters. The zero-order valence-electron chi connectivity index (χ0n) is 38.5. The lowest BCUT2D eigenvalue weighted by Crippen LogP contribution is -2.62. The van der Waals surface area contributed by atoms with Gasteiger partial charge in [-0.2, -0.15) is 0 Å². The van der Waals surface area contributed by atoms with E-state index in [9.17, 15) is 19.8 Å². The number of epoxide rings is 2. The lowest BCUT2D eigenvalue weighted by Gasteiger charge is -2.55. The molecule has 0 amide bonds. The molecule has 2 aromatic rings. The highest BCUT2D eigenvalue weighted by Crippen LogP contribution is 2.72. The van der Waals surface area contributed by atoms with E-state index in [4.69, 9.17) is 18.9 Å². The molecular weight excluding hydrogens is 801 g/mol. The highest BCUT2D eigenvalue weighted by atomic mass is 16.8. The minimum atomic E-state index is -1.07. The minimum absolute atomic E-state index is 0.0103. The van der Waals surface area contributed by atoms with Crippen LogP contribution in [0.3, 0.4) is 0 Å². The van der Waals surface area contributed by atoms with Crippen LogP contribution < -0.4 is 9.47 Å². The van der Waals surface area contributed by atoms with Crippen LogP contribution in [0.5, 0.6) is 11.5 Å². The predicted octanol–water partition coefficient (Wildman–Crippen LogP) is 10.2. The lowest BCUT2D eigenvalue weighted by atomic mass is 9.50. The second-order valence-corrected chi connectivity index (χ2v) is 22.4. The molecule has 10 aliphatic rings. The number of carbonyl (C=O) groups is 2. The quantitative estimate of drug-likeness (QED) is 0.218. The van der Waals surface area contributed by atoms with Gasteiger partial charge in [0, 0.05) is 28.1 Å². The molecule has 8 nitrogen and oxygen atoms in total. The van der Waals surface area contributed by atoms with Gasteiger partial charge in [-0.1, -0.05) is 112 Å². The second kappa shape index (κ2) is 14.2. The van der Waals surface area contributed by atoms with Crippen molar-refractivity contribution in [3.05, 3.63) is 119 Å². The first-order valence-corrected chi connectivity index (χ1v) is 24.3. The van der Waals surface area contributed by atoms with Gasteiger partial charge in [0.05, 0.1) is 0 Å². The average Bonchev–Trinajstić information content (AvgIpc) is 4.22. The zero-order valence-corrected chi connectivity index (χ0v) is 38.5. The summed E-state index contributed by atoms with van der Waals surface area (Å²) in [7, 11) is 0. The molecule has 8 aliphatic carbocycles. The summed E-state index contributed by atoms with van der Waals surface area (Å²) in [5.41, 5.74) is 2.60. The van der Waals surface area contributed by atoms with Crippen LogP contribution in [0.2, 0.25) is 0 Å². The molecule has 0 aromatic heterocycles. The number of hydrogen-bond donors (Lipinski definition) is 2. The Labute approximate surface area is 378 Å². The smallest absolute Gasteiger partial charge is 0.264 e. The fourth-order valence-electron chi connectivity index (χ4n) is 15.9. The number of fused-ring (bicyclic) bond motifs is 10. The van der Waals surface area contributed by atoms with Crippen LogP contribution in [0.25, 0.3) is 0 Å². The van der Waals surface area contributed by atoms with Gasteiger partial charge < -0.3 is 29.2 Å². The fourth-order valence-corrected chi connectivity index (χ4v) is 15.9. The van der Waals surface area contributed by atoms with E-state index in [1.807, 2.05) is 72.8 Å². The molecule has 2 aromatic carbocycles. The maximum Gasteiger partial charge on any atom is 0.264 e. The molecule has 64 heavy (non-hydrogen) atoms. The van der Waals surface area contributed by atoms with Gasteiger partial charge in [-0.25, -0.2) is 0 Å². The third kappa shape index (κ3) is 5.67. The number of aliphatic hydroxyl groups is 2. The third-order valence-electron chi connectivity index (χ3n) is 19.5. The molecule has 2 saturated heterocycles. The highest BCUT2D eigenvalue weighted by molar-refractivity contribution is 6.01. The van der Waals surface area contributed by atoms with Crippen molar-refractivity contribution in [1.29, 1.82) is 0 Å². The van der Waals surface area contributed by atoms with E-state index in [2.05, 4.69) is 59.8 Å². The Morgan fingerprint density at radius 3 is 1.64 bits per heavy atom. The molecule has 6 fully saturated rings. The van der Waals surface area contributed by atoms with Crippen LogP contribution >= 0.6 is 0 Å². The summed E-state index contributed by atoms with van der Waals surface area (Å²) < 4.78 is 24.7. The van der Waals surface area contributed by atoms with Gasteiger partial charge in [0.15, 0.2) is 11.6 Å². The number of carbonyl (C=O) groups excluding carboxylic acids is 2. The van der Waals surface area contributed by atoms with Crippen molar-refractivity contribution >= 4 is 11.6 Å². The number of ketones is 2. The highest BCUT2D eigenvalue weighted by Gasteiger charge is 2.79. The van der Waals surface area contributed by atoms with Crippen LogP contribution in [0.1, 0.15) is 106 Å². The Kier molecular flexibility index (Phi) is 9.45. The van der Waals surface area contributed by atoms with Crippen molar-refractivity contribution in [3.8, 4) is 11.5 Å². The zero-order chi connectivity index (χ0) is 44.7. The molecule has 0 bridgehead atoms. The molecule has 2 N–H and O–H groups in total. The molecule has 4 saturated carbocycles. The SMILES string of the molecule is C[C@H]1C[C@H]2[C@@H]3CCC4=CC(=O)C=C[C@]4(C)C3=CC[C@]2(C)[C@@]1(O)C1(Oc2ccccc2)CO1.C[C@H]1C[C@H]2[C@@H]3CCC4=CC(=O)CC[C@]4(C)C3=CC[C@]2(C)[C@@]1(O)C1(Oc2ccccc2)CO1. The van der Waals surface area contributed by atoms with E-state index in [-0.39, 0.29) is 45.1 Å². The van der Waals surface area contributed by atoms with E-state index >= 15 is 0 Å². The second-order valence-electron chi connectivity index (χ2n) is 22.4. The number of para-hydroxylation sites is 2. The fraction of sp³-hybridized carbons (Fsp3) is 0.571. The summed E-state index contributed by atoms with van der Waals surface area (Å²) in [6, 6.07) is 19.5. The van der Waals surface area contributed by atoms with Gasteiger partial charge in [-0.05, 0) is 143 Å². The Balaban J connectivity index is 0.000000143. The number of hydrogen-bond acceptors (Lipinski definition) is 8. The Morgan fingerprint density at radius 1 is 0.641 bits per heavy atom. The lowest BCUT2D eigenvalue weighted by molar-refractivity contribution is -0.208. The molecule has 0 spiro atoms. The van der Waals surface area contributed by atoms with Gasteiger partial charge in [-0.3, -0.25) is 9.59 Å². The van der Waals surface area contributed by atoms with E-state index in [0.717, 1.165) is 69.3 Å². The summed E-state index contributed by atoms with van der Waals surface area (Å²) >= 11 is 0. The molecule has 12 rings (SSSR count). The Hall–Kier alpha value is -4.08.